The Bertz CT molecular complexity index is 605. The molecule has 0 atom stereocenters. The largest absolute Gasteiger partial charge is 0.326 e. The zero-order valence-corrected chi connectivity index (χ0v) is 11.1. The molecular weight excluding hydrogens is 264 g/mol. The first-order chi connectivity index (χ1) is 8.74. The molecular formula is C14H11ClN2S. The molecule has 0 aromatic heterocycles. The smallest absolute Gasteiger partial charge is 0.100 e. The van der Waals surface area contributed by atoms with Crippen LogP contribution in [0.1, 0.15) is 11.1 Å². The van der Waals surface area contributed by atoms with Gasteiger partial charge >= 0.3 is 0 Å². The highest BCUT2D eigenvalue weighted by Crippen LogP contribution is 2.35. The van der Waals surface area contributed by atoms with Crippen LogP contribution in [-0.2, 0) is 6.54 Å². The van der Waals surface area contributed by atoms with Crippen molar-refractivity contribution in [1.82, 2.24) is 0 Å². The van der Waals surface area contributed by atoms with E-state index in [0.29, 0.717) is 17.1 Å². The van der Waals surface area contributed by atoms with Crippen molar-refractivity contribution in [2.24, 2.45) is 5.73 Å². The highest BCUT2D eigenvalue weighted by Gasteiger charge is 2.07. The number of hydrogen-bond donors (Lipinski definition) is 1. The molecule has 0 fully saturated rings. The first-order valence-corrected chi connectivity index (χ1v) is 6.59. The molecule has 2 N–H and O–H groups in total. The lowest BCUT2D eigenvalue weighted by Gasteiger charge is -2.07. The van der Waals surface area contributed by atoms with E-state index in [1.165, 1.54) is 11.8 Å². The summed E-state index contributed by atoms with van der Waals surface area (Å²) < 4.78 is 0. The second-order valence-corrected chi connectivity index (χ2v) is 5.17. The summed E-state index contributed by atoms with van der Waals surface area (Å²) in [6, 6.07) is 15.4. The SMILES string of the molecule is N#Cc1cc(CN)ccc1Sc1ccccc1Cl. The Morgan fingerprint density at radius 3 is 2.61 bits per heavy atom. The maximum atomic E-state index is 9.15. The topological polar surface area (TPSA) is 49.8 Å². The van der Waals surface area contributed by atoms with Gasteiger partial charge in [0.1, 0.15) is 6.07 Å². The lowest BCUT2D eigenvalue weighted by Crippen LogP contribution is -1.96. The van der Waals surface area contributed by atoms with Gasteiger partial charge in [0.2, 0.25) is 0 Å². The van der Waals surface area contributed by atoms with E-state index < -0.39 is 0 Å². The Kier molecular flexibility index (Phi) is 4.27. The van der Waals surface area contributed by atoms with Gasteiger partial charge in [-0.05, 0) is 29.8 Å². The minimum Gasteiger partial charge on any atom is -0.326 e. The second kappa shape index (κ2) is 5.92. The van der Waals surface area contributed by atoms with Gasteiger partial charge in [-0.2, -0.15) is 5.26 Å². The summed E-state index contributed by atoms with van der Waals surface area (Å²) in [4.78, 5) is 1.83. The summed E-state index contributed by atoms with van der Waals surface area (Å²) >= 11 is 7.59. The van der Waals surface area contributed by atoms with E-state index in [1.54, 1.807) is 0 Å². The third-order valence-corrected chi connectivity index (χ3v) is 4.05. The van der Waals surface area contributed by atoms with Gasteiger partial charge in [-0.25, -0.2) is 0 Å². The van der Waals surface area contributed by atoms with Crippen molar-refractivity contribution in [3.8, 4) is 6.07 Å². The number of nitriles is 1. The summed E-state index contributed by atoms with van der Waals surface area (Å²) in [6.07, 6.45) is 0. The summed E-state index contributed by atoms with van der Waals surface area (Å²) in [5, 5.41) is 9.84. The van der Waals surface area contributed by atoms with Crippen molar-refractivity contribution >= 4 is 23.4 Å². The van der Waals surface area contributed by atoms with Gasteiger partial charge in [-0.15, -0.1) is 0 Å². The first-order valence-electron chi connectivity index (χ1n) is 5.40. The molecule has 2 rings (SSSR count). The molecule has 0 aliphatic carbocycles. The lowest BCUT2D eigenvalue weighted by atomic mass is 10.1. The Labute approximate surface area is 115 Å². The predicted octanol–water partition coefficient (Wildman–Crippen LogP) is 3.82. The summed E-state index contributed by atoms with van der Waals surface area (Å²) in [5.74, 6) is 0. The monoisotopic (exact) mass is 274 g/mol. The fraction of sp³-hybridized carbons (Fsp3) is 0.0714. The van der Waals surface area contributed by atoms with Crippen LogP contribution < -0.4 is 5.73 Å². The van der Waals surface area contributed by atoms with Crippen molar-refractivity contribution in [2.45, 2.75) is 16.3 Å². The van der Waals surface area contributed by atoms with Crippen LogP contribution in [0.2, 0.25) is 5.02 Å². The van der Waals surface area contributed by atoms with Gasteiger partial charge in [-0.1, -0.05) is 41.6 Å². The van der Waals surface area contributed by atoms with Gasteiger partial charge < -0.3 is 5.73 Å². The Balaban J connectivity index is 2.35. The van der Waals surface area contributed by atoms with E-state index in [2.05, 4.69) is 6.07 Å². The van der Waals surface area contributed by atoms with E-state index >= 15 is 0 Å². The van der Waals surface area contributed by atoms with Crippen LogP contribution in [0.5, 0.6) is 0 Å². The number of nitrogens with zero attached hydrogens (tertiary/aromatic N) is 1. The van der Waals surface area contributed by atoms with Crippen LogP contribution in [0.3, 0.4) is 0 Å². The molecule has 0 saturated heterocycles. The molecule has 0 aliphatic rings. The molecule has 0 bridgehead atoms. The maximum Gasteiger partial charge on any atom is 0.100 e. The summed E-state index contributed by atoms with van der Waals surface area (Å²) in [6.45, 7) is 0.436. The molecule has 2 aromatic carbocycles. The van der Waals surface area contributed by atoms with Gasteiger partial charge in [0.05, 0.1) is 10.6 Å². The number of halogens is 1. The summed E-state index contributed by atoms with van der Waals surface area (Å²) in [5.41, 5.74) is 7.14. The molecule has 0 spiro atoms. The molecule has 4 heteroatoms. The highest BCUT2D eigenvalue weighted by molar-refractivity contribution is 7.99. The lowest BCUT2D eigenvalue weighted by molar-refractivity contribution is 1.06. The Morgan fingerprint density at radius 1 is 1.17 bits per heavy atom. The fourth-order valence-electron chi connectivity index (χ4n) is 1.53. The minimum atomic E-state index is 0.436. The van der Waals surface area contributed by atoms with Gasteiger partial charge in [0.25, 0.3) is 0 Å². The van der Waals surface area contributed by atoms with Crippen molar-refractivity contribution in [2.75, 3.05) is 0 Å². The molecule has 0 unspecified atom stereocenters. The van der Waals surface area contributed by atoms with Crippen molar-refractivity contribution in [3.63, 3.8) is 0 Å². The molecule has 0 amide bonds. The maximum absolute atomic E-state index is 9.15. The van der Waals surface area contributed by atoms with Crippen molar-refractivity contribution in [1.29, 1.82) is 5.26 Å². The van der Waals surface area contributed by atoms with Gasteiger partial charge in [0.15, 0.2) is 0 Å². The highest BCUT2D eigenvalue weighted by atomic mass is 35.5. The van der Waals surface area contributed by atoms with E-state index in [4.69, 9.17) is 22.6 Å². The van der Waals surface area contributed by atoms with Crippen molar-refractivity contribution < 1.29 is 0 Å². The third-order valence-electron chi connectivity index (χ3n) is 2.46. The molecule has 2 aromatic rings. The van der Waals surface area contributed by atoms with Crippen LogP contribution in [0.25, 0.3) is 0 Å². The Morgan fingerprint density at radius 2 is 1.94 bits per heavy atom. The molecule has 0 radical (unpaired) electrons. The number of hydrogen-bond acceptors (Lipinski definition) is 3. The zero-order chi connectivity index (χ0) is 13.0. The third kappa shape index (κ3) is 2.85. The van der Waals surface area contributed by atoms with E-state index in [-0.39, 0.29) is 0 Å². The standard InChI is InChI=1S/C14H11ClN2S/c15-12-3-1-2-4-14(12)18-13-6-5-10(8-16)7-11(13)9-17/h1-7H,8,16H2. The van der Waals surface area contributed by atoms with E-state index in [9.17, 15) is 0 Å². The fourth-order valence-corrected chi connectivity index (χ4v) is 2.68. The van der Waals surface area contributed by atoms with Crippen LogP contribution in [0.15, 0.2) is 52.3 Å². The number of rotatable bonds is 3. The first kappa shape index (κ1) is 13.0. The normalized spacial score (nSPS) is 10.1. The van der Waals surface area contributed by atoms with E-state index in [1.807, 2.05) is 42.5 Å². The average molecular weight is 275 g/mol. The minimum absolute atomic E-state index is 0.436. The molecule has 2 nitrogen and oxygen atoms in total. The Hall–Kier alpha value is -1.47. The van der Waals surface area contributed by atoms with E-state index in [0.717, 1.165) is 15.4 Å². The average Bonchev–Trinajstić information content (AvgIpc) is 2.41. The quantitative estimate of drug-likeness (QED) is 0.926. The molecule has 90 valence electrons. The number of nitrogens with two attached hydrogens (primary N) is 1. The molecule has 18 heavy (non-hydrogen) atoms. The molecule has 0 heterocycles. The van der Waals surface area contributed by atoms with Crippen LogP contribution in [0.4, 0.5) is 0 Å². The summed E-state index contributed by atoms with van der Waals surface area (Å²) in [7, 11) is 0. The van der Waals surface area contributed by atoms with Crippen LogP contribution >= 0.6 is 23.4 Å². The van der Waals surface area contributed by atoms with Gasteiger partial charge in [0, 0.05) is 16.3 Å². The van der Waals surface area contributed by atoms with Crippen LogP contribution in [0, 0.1) is 11.3 Å². The predicted molar refractivity (Wildman–Crippen MR) is 74.6 cm³/mol. The molecule has 0 aliphatic heterocycles. The number of benzene rings is 2. The van der Waals surface area contributed by atoms with Gasteiger partial charge in [-0.3, -0.25) is 0 Å². The zero-order valence-electron chi connectivity index (χ0n) is 9.56. The van der Waals surface area contributed by atoms with Crippen LogP contribution in [-0.4, -0.2) is 0 Å². The molecule has 0 saturated carbocycles. The second-order valence-electron chi connectivity index (χ2n) is 3.68. The van der Waals surface area contributed by atoms with Crippen molar-refractivity contribution in [3.05, 3.63) is 58.6 Å².